The first kappa shape index (κ1) is 15.2. The van der Waals surface area contributed by atoms with Gasteiger partial charge in [0, 0.05) is 12.1 Å². The summed E-state index contributed by atoms with van der Waals surface area (Å²) in [5.41, 5.74) is 0.370. The zero-order valence-corrected chi connectivity index (χ0v) is 12.1. The summed E-state index contributed by atoms with van der Waals surface area (Å²) in [5, 5.41) is 11.9. The van der Waals surface area contributed by atoms with E-state index in [1.165, 1.54) is 14.2 Å². The van der Waals surface area contributed by atoms with Crippen LogP contribution in [0.15, 0.2) is 18.2 Å². The van der Waals surface area contributed by atoms with E-state index in [4.69, 9.17) is 14.6 Å². The van der Waals surface area contributed by atoms with Gasteiger partial charge in [-0.1, -0.05) is 6.42 Å². The lowest BCUT2D eigenvalue weighted by atomic mass is 10.0. The number of amides is 1. The number of carboxylic acids is 1. The molecule has 1 fully saturated rings. The Labute approximate surface area is 123 Å². The van der Waals surface area contributed by atoms with E-state index in [0.717, 1.165) is 6.42 Å². The Kier molecular flexibility index (Phi) is 4.67. The van der Waals surface area contributed by atoms with Crippen molar-refractivity contribution in [3.05, 3.63) is 23.8 Å². The minimum atomic E-state index is -0.862. The minimum Gasteiger partial charge on any atom is -0.497 e. The molecule has 2 N–H and O–H groups in total. The van der Waals surface area contributed by atoms with E-state index in [0.29, 0.717) is 29.9 Å². The van der Waals surface area contributed by atoms with Gasteiger partial charge in [-0.3, -0.25) is 9.59 Å². The Morgan fingerprint density at radius 2 is 2.00 bits per heavy atom. The van der Waals surface area contributed by atoms with Crippen LogP contribution in [-0.2, 0) is 4.79 Å². The van der Waals surface area contributed by atoms with Crippen LogP contribution in [0, 0.1) is 5.92 Å². The Balaban J connectivity index is 2.15. The van der Waals surface area contributed by atoms with Crippen LogP contribution in [0.2, 0.25) is 0 Å². The van der Waals surface area contributed by atoms with Crippen LogP contribution in [0.5, 0.6) is 11.5 Å². The lowest BCUT2D eigenvalue weighted by Gasteiger charge is -2.18. The number of aliphatic carboxylic acids is 1. The molecule has 0 spiro atoms. The van der Waals surface area contributed by atoms with Gasteiger partial charge in [0.05, 0.1) is 25.7 Å². The zero-order valence-electron chi connectivity index (χ0n) is 12.1. The average molecular weight is 293 g/mol. The summed E-state index contributed by atoms with van der Waals surface area (Å²) in [5.74, 6) is -0.713. The Hall–Kier alpha value is -2.24. The minimum absolute atomic E-state index is 0.326. The van der Waals surface area contributed by atoms with Crippen LogP contribution in [0.3, 0.4) is 0 Å². The Bertz CT molecular complexity index is 543. The van der Waals surface area contributed by atoms with Crippen molar-refractivity contribution in [2.75, 3.05) is 14.2 Å². The summed E-state index contributed by atoms with van der Waals surface area (Å²) < 4.78 is 10.3. The van der Waals surface area contributed by atoms with Crippen LogP contribution in [0.25, 0.3) is 0 Å². The van der Waals surface area contributed by atoms with Gasteiger partial charge >= 0.3 is 5.97 Å². The number of methoxy groups -OCH3 is 2. The smallest absolute Gasteiger partial charge is 0.308 e. The van der Waals surface area contributed by atoms with E-state index in [-0.39, 0.29) is 11.9 Å². The predicted molar refractivity (Wildman–Crippen MR) is 75.8 cm³/mol. The molecule has 2 rings (SSSR count). The van der Waals surface area contributed by atoms with Gasteiger partial charge in [0.1, 0.15) is 11.5 Å². The number of hydrogen-bond donors (Lipinski definition) is 2. The summed E-state index contributed by atoms with van der Waals surface area (Å²) in [6.45, 7) is 0. The van der Waals surface area contributed by atoms with Crippen LogP contribution in [-0.4, -0.2) is 37.2 Å². The number of nitrogens with one attached hydrogen (secondary N) is 1. The maximum atomic E-state index is 12.3. The summed E-state index contributed by atoms with van der Waals surface area (Å²) in [7, 11) is 3.01. The molecular formula is C15H19NO5. The summed E-state index contributed by atoms with van der Waals surface area (Å²) in [6.07, 6.45) is 2.09. The van der Waals surface area contributed by atoms with Gasteiger partial charge in [-0.05, 0) is 25.0 Å². The molecule has 1 saturated carbocycles. The first-order valence-electron chi connectivity index (χ1n) is 6.82. The third-order valence-electron chi connectivity index (χ3n) is 3.80. The molecule has 114 valence electrons. The molecule has 0 saturated heterocycles. The Morgan fingerprint density at radius 3 is 2.62 bits per heavy atom. The van der Waals surface area contributed by atoms with E-state index < -0.39 is 11.9 Å². The third kappa shape index (κ3) is 3.26. The van der Waals surface area contributed by atoms with Gasteiger partial charge in [-0.25, -0.2) is 0 Å². The SMILES string of the molecule is COc1ccc(C(=O)NC2CCCC2C(=O)O)c(OC)c1. The number of ether oxygens (including phenoxy) is 2. The summed E-state index contributed by atoms with van der Waals surface area (Å²) >= 11 is 0. The van der Waals surface area contributed by atoms with Crippen molar-refractivity contribution in [3.63, 3.8) is 0 Å². The molecule has 0 heterocycles. The second-order valence-corrected chi connectivity index (χ2v) is 5.02. The van der Waals surface area contributed by atoms with Crippen molar-refractivity contribution in [3.8, 4) is 11.5 Å². The fourth-order valence-corrected chi connectivity index (χ4v) is 2.66. The number of benzene rings is 1. The highest BCUT2D eigenvalue weighted by molar-refractivity contribution is 5.97. The maximum absolute atomic E-state index is 12.3. The van der Waals surface area contributed by atoms with Crippen molar-refractivity contribution in [2.45, 2.75) is 25.3 Å². The van der Waals surface area contributed by atoms with Crippen LogP contribution in [0.1, 0.15) is 29.6 Å². The van der Waals surface area contributed by atoms with Crippen molar-refractivity contribution >= 4 is 11.9 Å². The van der Waals surface area contributed by atoms with Gasteiger partial charge in [0.15, 0.2) is 0 Å². The fraction of sp³-hybridized carbons (Fsp3) is 0.467. The number of carbonyl (C=O) groups is 2. The molecule has 0 aromatic heterocycles. The molecule has 1 aromatic carbocycles. The van der Waals surface area contributed by atoms with Crippen molar-refractivity contribution in [1.29, 1.82) is 0 Å². The molecule has 2 unspecified atom stereocenters. The standard InChI is InChI=1S/C15H19NO5/c1-20-9-6-7-11(13(8-9)21-2)14(17)16-12-5-3-4-10(12)15(18)19/h6-8,10,12H,3-5H2,1-2H3,(H,16,17)(H,18,19). The van der Waals surface area contributed by atoms with Crippen molar-refractivity contribution in [2.24, 2.45) is 5.92 Å². The molecule has 6 heteroatoms. The highest BCUT2D eigenvalue weighted by Gasteiger charge is 2.34. The van der Waals surface area contributed by atoms with E-state index >= 15 is 0 Å². The topological polar surface area (TPSA) is 84.9 Å². The van der Waals surface area contributed by atoms with Crippen LogP contribution < -0.4 is 14.8 Å². The zero-order chi connectivity index (χ0) is 15.4. The van der Waals surface area contributed by atoms with E-state index in [2.05, 4.69) is 5.32 Å². The first-order chi connectivity index (χ1) is 10.1. The maximum Gasteiger partial charge on any atom is 0.308 e. The largest absolute Gasteiger partial charge is 0.497 e. The van der Waals surface area contributed by atoms with Crippen LogP contribution in [0.4, 0.5) is 0 Å². The molecule has 2 atom stereocenters. The predicted octanol–water partition coefficient (Wildman–Crippen LogP) is 1.69. The quantitative estimate of drug-likeness (QED) is 0.863. The molecule has 1 aliphatic rings. The molecule has 1 amide bonds. The summed E-state index contributed by atoms with van der Waals surface area (Å²) in [4.78, 5) is 23.5. The van der Waals surface area contributed by atoms with Crippen molar-refractivity contribution < 1.29 is 24.2 Å². The fourth-order valence-electron chi connectivity index (χ4n) is 2.66. The second-order valence-electron chi connectivity index (χ2n) is 5.02. The molecule has 1 aliphatic carbocycles. The lowest BCUT2D eigenvalue weighted by molar-refractivity contribution is -0.142. The molecule has 0 bridgehead atoms. The van der Waals surface area contributed by atoms with Crippen LogP contribution >= 0.6 is 0 Å². The number of carboxylic acid groups (broad SMARTS) is 1. The average Bonchev–Trinajstić information content (AvgIpc) is 2.94. The second kappa shape index (κ2) is 6.47. The monoisotopic (exact) mass is 293 g/mol. The molecule has 0 radical (unpaired) electrons. The van der Waals surface area contributed by atoms with Gasteiger partial charge in [-0.2, -0.15) is 0 Å². The molecule has 1 aromatic rings. The number of rotatable bonds is 5. The van der Waals surface area contributed by atoms with Gasteiger partial charge in [0.2, 0.25) is 0 Å². The summed E-state index contributed by atoms with van der Waals surface area (Å²) in [6, 6.07) is 4.57. The van der Waals surface area contributed by atoms with Crippen molar-refractivity contribution in [1.82, 2.24) is 5.32 Å². The number of hydrogen-bond acceptors (Lipinski definition) is 4. The number of carbonyl (C=O) groups excluding carboxylic acids is 1. The first-order valence-corrected chi connectivity index (χ1v) is 6.82. The molecule has 21 heavy (non-hydrogen) atoms. The molecule has 6 nitrogen and oxygen atoms in total. The Morgan fingerprint density at radius 1 is 1.24 bits per heavy atom. The molecular weight excluding hydrogens is 274 g/mol. The van der Waals surface area contributed by atoms with E-state index in [1.807, 2.05) is 0 Å². The van der Waals surface area contributed by atoms with E-state index in [1.54, 1.807) is 18.2 Å². The van der Waals surface area contributed by atoms with Gasteiger partial charge in [-0.15, -0.1) is 0 Å². The van der Waals surface area contributed by atoms with Gasteiger partial charge in [0.25, 0.3) is 5.91 Å². The van der Waals surface area contributed by atoms with E-state index in [9.17, 15) is 9.59 Å². The highest BCUT2D eigenvalue weighted by atomic mass is 16.5. The lowest BCUT2D eigenvalue weighted by Crippen LogP contribution is -2.40. The molecule has 0 aliphatic heterocycles. The third-order valence-corrected chi connectivity index (χ3v) is 3.80. The normalized spacial score (nSPS) is 20.9. The van der Waals surface area contributed by atoms with Gasteiger partial charge < -0.3 is 19.9 Å². The highest BCUT2D eigenvalue weighted by Crippen LogP contribution is 2.28.